The van der Waals surface area contributed by atoms with Crippen molar-refractivity contribution in [2.45, 2.75) is 58.8 Å². The zero-order valence-corrected chi connectivity index (χ0v) is 15.7. The number of aryl methyl sites for hydroxylation is 1. The molecule has 0 bridgehead atoms. The predicted molar refractivity (Wildman–Crippen MR) is 104 cm³/mol. The molecule has 136 valence electrons. The van der Waals surface area contributed by atoms with Crippen molar-refractivity contribution in [2.24, 2.45) is 5.92 Å². The Morgan fingerprint density at radius 1 is 1.04 bits per heavy atom. The van der Waals surface area contributed by atoms with E-state index in [0.29, 0.717) is 5.92 Å². The Kier molecular flexibility index (Phi) is 3.84. The zero-order chi connectivity index (χ0) is 17.7. The van der Waals surface area contributed by atoms with E-state index in [2.05, 4.69) is 28.7 Å². The van der Waals surface area contributed by atoms with Crippen molar-refractivity contribution in [1.82, 2.24) is 15.0 Å². The number of pyridine rings is 1. The van der Waals surface area contributed by atoms with Gasteiger partial charge in [0.15, 0.2) is 11.4 Å². The summed E-state index contributed by atoms with van der Waals surface area (Å²) in [6, 6.07) is 0. The largest absolute Gasteiger partial charge is 0.432 e. The lowest BCUT2D eigenvalue weighted by Gasteiger charge is -2.20. The Morgan fingerprint density at radius 2 is 1.81 bits per heavy atom. The summed E-state index contributed by atoms with van der Waals surface area (Å²) in [4.78, 5) is 16.5. The lowest BCUT2D eigenvalue weighted by molar-refractivity contribution is 0.600. The van der Waals surface area contributed by atoms with E-state index in [4.69, 9.17) is 9.40 Å². The fraction of sp³-hybridized carbons (Fsp3) is 0.571. The van der Waals surface area contributed by atoms with Crippen molar-refractivity contribution in [3.05, 3.63) is 23.1 Å². The fourth-order valence-electron chi connectivity index (χ4n) is 4.64. The van der Waals surface area contributed by atoms with Gasteiger partial charge < -0.3 is 9.32 Å². The first-order valence-electron chi connectivity index (χ1n) is 10.0. The molecule has 1 saturated heterocycles. The number of nitrogens with zero attached hydrogens (tertiary/aromatic N) is 4. The Balaban J connectivity index is 1.78. The molecule has 1 aliphatic carbocycles. The summed E-state index contributed by atoms with van der Waals surface area (Å²) in [7, 11) is 0. The van der Waals surface area contributed by atoms with Crippen molar-refractivity contribution in [2.75, 3.05) is 18.0 Å². The van der Waals surface area contributed by atoms with E-state index in [-0.39, 0.29) is 0 Å². The molecule has 0 spiro atoms. The van der Waals surface area contributed by atoms with Gasteiger partial charge in [-0.05, 0) is 62.0 Å². The van der Waals surface area contributed by atoms with Crippen LogP contribution in [0.15, 0.2) is 10.7 Å². The lowest BCUT2D eigenvalue weighted by Crippen LogP contribution is -2.19. The SMILES string of the molecule is CC(C)Cc1nc2oc3c(N4CCCC4)ncnc3c2c2c1CCCC2. The molecule has 1 aliphatic heterocycles. The molecule has 0 N–H and O–H groups in total. The third kappa shape index (κ3) is 2.48. The van der Waals surface area contributed by atoms with Crippen LogP contribution >= 0.6 is 0 Å². The number of hydrogen-bond acceptors (Lipinski definition) is 5. The van der Waals surface area contributed by atoms with Gasteiger partial charge in [0.2, 0.25) is 5.71 Å². The molecule has 5 rings (SSSR count). The summed E-state index contributed by atoms with van der Waals surface area (Å²) in [5.74, 6) is 1.54. The van der Waals surface area contributed by atoms with Gasteiger partial charge in [0, 0.05) is 18.8 Å². The number of furan rings is 1. The van der Waals surface area contributed by atoms with Crippen LogP contribution in [0.2, 0.25) is 0 Å². The molecular weight excluding hydrogens is 324 g/mol. The van der Waals surface area contributed by atoms with Crippen molar-refractivity contribution in [3.8, 4) is 0 Å². The molecule has 3 aromatic rings. The molecule has 0 unspecified atom stereocenters. The summed E-state index contributed by atoms with van der Waals surface area (Å²) in [5.41, 5.74) is 6.67. The van der Waals surface area contributed by atoms with Gasteiger partial charge in [-0.25, -0.2) is 15.0 Å². The summed E-state index contributed by atoms with van der Waals surface area (Å²) >= 11 is 0. The van der Waals surface area contributed by atoms with Crippen LogP contribution in [0.5, 0.6) is 0 Å². The minimum absolute atomic E-state index is 0.593. The molecule has 3 aromatic heterocycles. The van der Waals surface area contributed by atoms with Crippen LogP contribution in [0, 0.1) is 5.92 Å². The Labute approximate surface area is 153 Å². The molecule has 4 heterocycles. The van der Waals surface area contributed by atoms with Gasteiger partial charge >= 0.3 is 0 Å². The third-order valence-corrected chi connectivity index (χ3v) is 5.80. The van der Waals surface area contributed by atoms with Gasteiger partial charge in [-0.2, -0.15) is 0 Å². The van der Waals surface area contributed by atoms with E-state index >= 15 is 0 Å². The Bertz CT molecular complexity index is 969. The van der Waals surface area contributed by atoms with Crippen LogP contribution in [0.25, 0.3) is 22.2 Å². The molecule has 1 fully saturated rings. The lowest BCUT2D eigenvalue weighted by atomic mass is 9.87. The van der Waals surface area contributed by atoms with Crippen LogP contribution in [-0.2, 0) is 19.3 Å². The van der Waals surface area contributed by atoms with E-state index in [1.165, 1.54) is 42.5 Å². The van der Waals surface area contributed by atoms with E-state index in [1.54, 1.807) is 6.33 Å². The summed E-state index contributed by atoms with van der Waals surface area (Å²) < 4.78 is 6.31. The van der Waals surface area contributed by atoms with Crippen molar-refractivity contribution in [3.63, 3.8) is 0 Å². The molecule has 0 aromatic carbocycles. The molecule has 0 radical (unpaired) electrons. The Hall–Kier alpha value is -2.17. The number of anilines is 1. The zero-order valence-electron chi connectivity index (χ0n) is 15.7. The monoisotopic (exact) mass is 350 g/mol. The molecule has 26 heavy (non-hydrogen) atoms. The van der Waals surface area contributed by atoms with Gasteiger partial charge in [0.1, 0.15) is 11.8 Å². The maximum atomic E-state index is 6.31. The second-order valence-corrected chi connectivity index (χ2v) is 8.17. The first-order valence-corrected chi connectivity index (χ1v) is 10.0. The normalized spacial score (nSPS) is 17.6. The first-order chi connectivity index (χ1) is 12.7. The van der Waals surface area contributed by atoms with Crippen LogP contribution in [0.3, 0.4) is 0 Å². The summed E-state index contributed by atoms with van der Waals surface area (Å²) in [6.07, 6.45) is 9.89. The molecule has 0 atom stereocenters. The third-order valence-electron chi connectivity index (χ3n) is 5.80. The van der Waals surface area contributed by atoms with Crippen molar-refractivity contribution >= 4 is 28.0 Å². The highest BCUT2D eigenvalue weighted by Gasteiger charge is 2.26. The van der Waals surface area contributed by atoms with Gasteiger partial charge in [-0.3, -0.25) is 0 Å². The highest BCUT2D eigenvalue weighted by molar-refractivity contribution is 6.06. The van der Waals surface area contributed by atoms with E-state index < -0.39 is 0 Å². The molecule has 0 amide bonds. The minimum Gasteiger partial charge on any atom is -0.432 e. The second kappa shape index (κ2) is 6.22. The number of hydrogen-bond donors (Lipinski definition) is 0. The first kappa shape index (κ1) is 16.0. The number of rotatable bonds is 3. The van der Waals surface area contributed by atoms with Gasteiger partial charge in [0.25, 0.3) is 0 Å². The standard InChI is InChI=1S/C21H26N4O/c1-13(2)11-16-14-7-3-4-8-15(14)17-18-19(26-21(17)24-16)20(23-12-22-18)25-9-5-6-10-25/h12-13H,3-11H2,1-2H3. The second-order valence-electron chi connectivity index (χ2n) is 8.17. The van der Waals surface area contributed by atoms with Crippen LogP contribution < -0.4 is 4.90 Å². The van der Waals surface area contributed by atoms with Crippen molar-refractivity contribution < 1.29 is 4.42 Å². The highest BCUT2D eigenvalue weighted by atomic mass is 16.3. The molecule has 5 nitrogen and oxygen atoms in total. The average molecular weight is 350 g/mol. The van der Waals surface area contributed by atoms with Gasteiger partial charge in [0.05, 0.1) is 5.39 Å². The highest BCUT2D eigenvalue weighted by Crippen LogP contribution is 2.39. The van der Waals surface area contributed by atoms with E-state index in [0.717, 1.165) is 60.4 Å². The summed E-state index contributed by atoms with van der Waals surface area (Å²) in [5, 5.41) is 1.14. The van der Waals surface area contributed by atoms with Gasteiger partial charge in [-0.15, -0.1) is 0 Å². The maximum absolute atomic E-state index is 6.31. The number of aromatic nitrogens is 3. The molecule has 2 aliphatic rings. The molecular formula is C21H26N4O. The summed E-state index contributed by atoms with van der Waals surface area (Å²) in [6.45, 7) is 6.62. The van der Waals surface area contributed by atoms with Crippen LogP contribution in [-0.4, -0.2) is 28.0 Å². The van der Waals surface area contributed by atoms with Crippen LogP contribution in [0.4, 0.5) is 5.82 Å². The fourth-order valence-corrected chi connectivity index (χ4v) is 4.64. The topological polar surface area (TPSA) is 55.1 Å². The van der Waals surface area contributed by atoms with E-state index in [1.807, 2.05) is 0 Å². The molecule has 5 heteroatoms. The number of fused-ring (bicyclic) bond motifs is 5. The maximum Gasteiger partial charge on any atom is 0.229 e. The Morgan fingerprint density at radius 3 is 2.58 bits per heavy atom. The quantitative estimate of drug-likeness (QED) is 0.698. The van der Waals surface area contributed by atoms with Crippen molar-refractivity contribution in [1.29, 1.82) is 0 Å². The smallest absolute Gasteiger partial charge is 0.229 e. The van der Waals surface area contributed by atoms with Gasteiger partial charge in [-0.1, -0.05) is 13.8 Å². The minimum atomic E-state index is 0.593. The average Bonchev–Trinajstić information content (AvgIpc) is 3.28. The van der Waals surface area contributed by atoms with Crippen LogP contribution in [0.1, 0.15) is 56.4 Å². The van der Waals surface area contributed by atoms with E-state index in [9.17, 15) is 0 Å². The molecule has 0 saturated carbocycles. The predicted octanol–water partition coefficient (Wildman–Crippen LogP) is 4.45.